The smallest absolute Gasteiger partial charge is 0.254 e. The molecule has 9 heteroatoms. The molecule has 0 aromatic heterocycles. The quantitative estimate of drug-likeness (QED) is 0.307. The minimum absolute atomic E-state index is 0.0251. The third-order valence-electron chi connectivity index (χ3n) is 9.50. The maximum absolute atomic E-state index is 13.9. The van der Waals surface area contributed by atoms with E-state index in [1.807, 2.05) is 28.0 Å². The highest BCUT2D eigenvalue weighted by Gasteiger charge is 2.39. The van der Waals surface area contributed by atoms with Crippen molar-refractivity contribution in [2.24, 2.45) is 17.8 Å². The SMILES string of the molecule is CCc1ccc(C(=O)N(C[C@@H]2CNC[C@H]2CN(C(=O)CC2CCN(C(C)=O)CC2)C2CC2)C(C)C)cc1OCCCOC. The van der Waals surface area contributed by atoms with Crippen LogP contribution >= 0.6 is 0 Å². The molecule has 3 fully saturated rings. The molecule has 0 bridgehead atoms. The van der Waals surface area contributed by atoms with Gasteiger partial charge in [-0.05, 0) is 81.4 Å². The van der Waals surface area contributed by atoms with Crippen LogP contribution < -0.4 is 10.1 Å². The minimum atomic E-state index is 0.0251. The van der Waals surface area contributed by atoms with Crippen LogP contribution in [0.2, 0.25) is 0 Å². The minimum Gasteiger partial charge on any atom is -0.493 e. The summed E-state index contributed by atoms with van der Waals surface area (Å²) in [5.74, 6) is 2.13. The summed E-state index contributed by atoms with van der Waals surface area (Å²) in [7, 11) is 1.69. The number of likely N-dealkylation sites (tertiary alicyclic amines) is 1. The highest BCUT2D eigenvalue weighted by Crippen LogP contribution is 2.33. The van der Waals surface area contributed by atoms with Crippen LogP contribution in [-0.4, -0.2) is 104 Å². The van der Waals surface area contributed by atoms with Crippen LogP contribution in [0.15, 0.2) is 18.2 Å². The molecule has 2 heterocycles. The van der Waals surface area contributed by atoms with Gasteiger partial charge in [-0.1, -0.05) is 13.0 Å². The number of benzene rings is 1. The normalized spacial score (nSPS) is 20.8. The molecule has 2 saturated heterocycles. The van der Waals surface area contributed by atoms with Crippen molar-refractivity contribution < 1.29 is 23.9 Å². The predicted molar refractivity (Wildman–Crippen MR) is 168 cm³/mol. The van der Waals surface area contributed by atoms with Gasteiger partial charge in [0.15, 0.2) is 0 Å². The Bertz CT molecular complexity index is 1080. The second-order valence-electron chi connectivity index (χ2n) is 13.0. The monoisotopic (exact) mass is 598 g/mol. The van der Waals surface area contributed by atoms with Crippen LogP contribution in [-0.2, 0) is 20.7 Å². The van der Waals surface area contributed by atoms with E-state index in [0.717, 1.165) is 82.6 Å². The Kier molecular flexibility index (Phi) is 12.3. The maximum Gasteiger partial charge on any atom is 0.254 e. The van der Waals surface area contributed by atoms with Crippen molar-refractivity contribution in [1.29, 1.82) is 0 Å². The molecule has 2 atom stereocenters. The molecule has 0 spiro atoms. The van der Waals surface area contributed by atoms with Crippen molar-refractivity contribution in [3.05, 3.63) is 29.3 Å². The van der Waals surface area contributed by atoms with E-state index in [4.69, 9.17) is 9.47 Å². The Morgan fingerprint density at radius 1 is 1.02 bits per heavy atom. The van der Waals surface area contributed by atoms with Gasteiger partial charge in [0.05, 0.1) is 6.61 Å². The largest absolute Gasteiger partial charge is 0.493 e. The highest BCUT2D eigenvalue weighted by atomic mass is 16.5. The van der Waals surface area contributed by atoms with E-state index in [2.05, 4.69) is 31.0 Å². The summed E-state index contributed by atoms with van der Waals surface area (Å²) in [6.45, 7) is 13.7. The Balaban J connectivity index is 1.38. The number of carbonyl (C=O) groups excluding carboxylic acids is 3. The van der Waals surface area contributed by atoms with Gasteiger partial charge in [-0.3, -0.25) is 14.4 Å². The van der Waals surface area contributed by atoms with Gasteiger partial charge >= 0.3 is 0 Å². The second-order valence-corrected chi connectivity index (χ2v) is 13.0. The summed E-state index contributed by atoms with van der Waals surface area (Å²) in [4.78, 5) is 45.2. The van der Waals surface area contributed by atoms with Gasteiger partial charge in [-0.25, -0.2) is 0 Å². The molecule has 3 amide bonds. The topological polar surface area (TPSA) is 91.4 Å². The van der Waals surface area contributed by atoms with Gasteiger partial charge in [0.1, 0.15) is 5.75 Å². The third kappa shape index (κ3) is 9.17. The number of ether oxygens (including phenoxy) is 2. The molecule has 43 heavy (non-hydrogen) atoms. The molecule has 1 N–H and O–H groups in total. The highest BCUT2D eigenvalue weighted by molar-refractivity contribution is 5.95. The molecule has 1 saturated carbocycles. The van der Waals surface area contributed by atoms with E-state index in [9.17, 15) is 14.4 Å². The predicted octanol–water partition coefficient (Wildman–Crippen LogP) is 3.99. The first-order valence-electron chi connectivity index (χ1n) is 16.5. The average molecular weight is 599 g/mol. The average Bonchev–Trinajstić information content (AvgIpc) is 3.74. The number of rotatable bonds is 15. The summed E-state index contributed by atoms with van der Waals surface area (Å²) < 4.78 is 11.2. The molecule has 240 valence electrons. The fourth-order valence-electron chi connectivity index (χ4n) is 6.57. The number of hydrogen-bond donors (Lipinski definition) is 1. The van der Waals surface area contributed by atoms with Gasteiger partial charge in [0.25, 0.3) is 5.91 Å². The van der Waals surface area contributed by atoms with Crippen molar-refractivity contribution in [3.63, 3.8) is 0 Å². The molecule has 1 aromatic carbocycles. The van der Waals surface area contributed by atoms with Gasteiger partial charge in [-0.15, -0.1) is 0 Å². The molecule has 1 aliphatic carbocycles. The van der Waals surface area contributed by atoms with E-state index in [1.54, 1.807) is 14.0 Å². The van der Waals surface area contributed by atoms with Crippen molar-refractivity contribution >= 4 is 17.7 Å². The molecule has 1 aromatic rings. The van der Waals surface area contributed by atoms with E-state index in [-0.39, 0.29) is 29.7 Å². The molecule has 0 unspecified atom stereocenters. The van der Waals surface area contributed by atoms with E-state index in [1.165, 1.54) is 0 Å². The Labute approximate surface area is 258 Å². The molecule has 4 rings (SSSR count). The first-order chi connectivity index (χ1) is 20.7. The standard InChI is InChI=1S/C34H54N4O5/c1-6-27-8-9-28(19-32(27)43-17-7-16-42-5)34(41)37(24(2)3)22-29-20-35-21-30(29)23-38(31-10-11-31)33(40)18-26-12-14-36(15-13-26)25(4)39/h8-9,19,24,26,29-31,35H,6-7,10-18,20-23H2,1-5H3/t29-,30-/m0/s1. The molecular formula is C34H54N4O5. The van der Waals surface area contributed by atoms with Crippen molar-refractivity contribution in [1.82, 2.24) is 20.0 Å². The number of amides is 3. The lowest BCUT2D eigenvalue weighted by molar-refractivity contribution is -0.134. The lowest BCUT2D eigenvalue weighted by atomic mass is 9.91. The molecule has 9 nitrogen and oxygen atoms in total. The molecule has 0 radical (unpaired) electrons. The number of piperidine rings is 1. The zero-order valence-electron chi connectivity index (χ0n) is 27.1. The lowest BCUT2D eigenvalue weighted by Crippen LogP contribution is -2.45. The summed E-state index contributed by atoms with van der Waals surface area (Å²) in [6, 6.07) is 6.25. The van der Waals surface area contributed by atoms with Crippen LogP contribution in [0.3, 0.4) is 0 Å². The number of carbonyl (C=O) groups is 3. The zero-order valence-corrected chi connectivity index (χ0v) is 27.1. The zero-order chi connectivity index (χ0) is 30.9. The summed E-state index contributed by atoms with van der Waals surface area (Å²) in [5, 5.41) is 3.56. The first-order valence-corrected chi connectivity index (χ1v) is 16.5. The molecule has 3 aliphatic rings. The van der Waals surface area contributed by atoms with Crippen molar-refractivity contribution in [3.8, 4) is 5.75 Å². The fraction of sp³-hybridized carbons (Fsp3) is 0.735. The lowest BCUT2D eigenvalue weighted by Gasteiger charge is -2.35. The van der Waals surface area contributed by atoms with Gasteiger partial charge in [0, 0.05) is 90.4 Å². The second kappa shape index (κ2) is 15.9. The van der Waals surface area contributed by atoms with Gasteiger partial charge < -0.3 is 29.5 Å². The first kappa shape index (κ1) is 33.2. The van der Waals surface area contributed by atoms with Crippen LogP contribution in [0, 0.1) is 17.8 Å². The number of nitrogens with one attached hydrogen (secondary N) is 1. The number of aryl methyl sites for hydroxylation is 1. The third-order valence-corrected chi connectivity index (χ3v) is 9.50. The number of nitrogens with zero attached hydrogens (tertiary/aromatic N) is 3. The maximum atomic E-state index is 13.9. The van der Waals surface area contributed by atoms with Crippen LogP contribution in [0.5, 0.6) is 5.75 Å². The van der Waals surface area contributed by atoms with Gasteiger partial charge in [0.2, 0.25) is 11.8 Å². The Hall–Kier alpha value is -2.65. The number of hydrogen-bond acceptors (Lipinski definition) is 6. The van der Waals surface area contributed by atoms with E-state index >= 15 is 0 Å². The van der Waals surface area contributed by atoms with Crippen LogP contribution in [0.25, 0.3) is 0 Å². The molecule has 2 aliphatic heterocycles. The fourth-order valence-corrected chi connectivity index (χ4v) is 6.57. The van der Waals surface area contributed by atoms with Crippen molar-refractivity contribution in [2.75, 3.05) is 59.6 Å². The van der Waals surface area contributed by atoms with E-state index < -0.39 is 0 Å². The van der Waals surface area contributed by atoms with E-state index in [0.29, 0.717) is 49.6 Å². The summed E-state index contributed by atoms with van der Waals surface area (Å²) in [6.07, 6.45) is 6.19. The van der Waals surface area contributed by atoms with Crippen LogP contribution in [0.4, 0.5) is 0 Å². The van der Waals surface area contributed by atoms with Gasteiger partial charge in [-0.2, -0.15) is 0 Å². The summed E-state index contributed by atoms with van der Waals surface area (Å²) >= 11 is 0. The summed E-state index contributed by atoms with van der Waals surface area (Å²) in [5.41, 5.74) is 1.75. The molecular weight excluding hydrogens is 544 g/mol. The number of methoxy groups -OCH3 is 1. The Morgan fingerprint density at radius 2 is 1.72 bits per heavy atom. The van der Waals surface area contributed by atoms with Crippen molar-refractivity contribution in [2.45, 2.75) is 84.7 Å². The van der Waals surface area contributed by atoms with Crippen LogP contribution in [0.1, 0.15) is 82.1 Å². The Morgan fingerprint density at radius 3 is 2.33 bits per heavy atom.